The summed E-state index contributed by atoms with van der Waals surface area (Å²) in [5.74, 6) is -5.08. The summed E-state index contributed by atoms with van der Waals surface area (Å²) in [6, 6.07) is 0. The maximum Gasteiger partial charge on any atom is 0.391 e. The quantitative estimate of drug-likeness (QED) is 0.113. The van der Waals surface area contributed by atoms with Crippen LogP contribution in [0.15, 0.2) is 0 Å². The number of alkyl halides is 14. The van der Waals surface area contributed by atoms with Crippen molar-refractivity contribution < 1.29 is 64.2 Å². The van der Waals surface area contributed by atoms with E-state index in [9.17, 15) is 61.5 Å². The Hall–Kier alpha value is -0.980. The lowest BCUT2D eigenvalue weighted by Gasteiger charge is -2.17. The molecular formula is C53H110F14. The normalized spacial score (nSPS) is 14.6. The monoisotopic (exact) mass is 1010 g/mol. The van der Waals surface area contributed by atoms with Crippen LogP contribution in [0, 0.1) is 52.8 Å². The van der Waals surface area contributed by atoms with Crippen LogP contribution in [-0.2, 0) is 0 Å². The van der Waals surface area contributed by atoms with E-state index in [0.29, 0.717) is 24.7 Å². The lowest BCUT2D eigenvalue weighted by molar-refractivity contribution is -0.171. The minimum atomic E-state index is -4.27. The molecule has 14 heteroatoms. The molecule has 6 unspecified atom stereocenters. The first-order valence-electron chi connectivity index (χ1n) is 26.1. The summed E-state index contributed by atoms with van der Waals surface area (Å²) in [5.41, 5.74) is 0.550. The molecule has 0 aromatic heterocycles. The molecule has 0 aliphatic rings. The van der Waals surface area contributed by atoms with Crippen molar-refractivity contribution in [2.45, 2.75) is 280 Å². The number of hydrogen-bond acceptors (Lipinski definition) is 0. The fourth-order valence-corrected chi connectivity index (χ4v) is 4.19. The van der Waals surface area contributed by atoms with Crippen LogP contribution in [0.3, 0.4) is 0 Å². The van der Waals surface area contributed by atoms with Crippen molar-refractivity contribution in [2.75, 3.05) is 13.3 Å². The lowest BCUT2D eigenvalue weighted by Crippen LogP contribution is -2.21. The van der Waals surface area contributed by atoms with Gasteiger partial charge in [0.15, 0.2) is 0 Å². The van der Waals surface area contributed by atoms with Crippen LogP contribution >= 0.6 is 0 Å². The van der Waals surface area contributed by atoms with Gasteiger partial charge in [0.25, 0.3) is 0 Å². The Morgan fingerprint density at radius 2 is 0.791 bits per heavy atom. The number of halogens is 14. The zero-order chi connectivity index (χ0) is 57.6. The molecule has 67 heavy (non-hydrogen) atoms. The fraction of sp³-hybridized carbons (Fsp3) is 1.00. The van der Waals surface area contributed by atoms with Crippen molar-refractivity contribution >= 4 is 0 Å². The largest absolute Gasteiger partial charge is 0.391 e. The molecule has 0 saturated heterocycles. The SMILES string of the molecule is CCC(C)C(F)F.CCC(C)CF.CCC(F)(F)C(C)C.CCCC(C)(C)C.CCCC(C)C.CCCC(C)C(F)(F)F.CCCC(C)C(F)F.CCCC(C)CF.[2H]C([2H])(C)CC(C)C(F)(F)F. The molecule has 0 rings (SSSR count). The van der Waals surface area contributed by atoms with Gasteiger partial charge in [0, 0.05) is 26.9 Å². The molecule has 0 aromatic carbocycles. The van der Waals surface area contributed by atoms with Crippen LogP contribution in [0.25, 0.3) is 0 Å². The van der Waals surface area contributed by atoms with Crippen molar-refractivity contribution in [1.29, 1.82) is 0 Å². The molecule has 0 radical (unpaired) electrons. The minimum Gasteiger partial charge on any atom is -0.251 e. The van der Waals surface area contributed by atoms with Crippen LogP contribution in [-0.4, -0.2) is 44.5 Å². The maximum absolute atomic E-state index is 12.3. The average molecular weight is 1020 g/mol. The third-order valence-corrected chi connectivity index (χ3v) is 9.79. The van der Waals surface area contributed by atoms with Gasteiger partial charge in [-0.05, 0) is 61.7 Å². The fourth-order valence-electron chi connectivity index (χ4n) is 4.19. The Labute approximate surface area is 409 Å². The Morgan fingerprint density at radius 1 is 0.433 bits per heavy atom. The van der Waals surface area contributed by atoms with Crippen molar-refractivity contribution in [1.82, 2.24) is 0 Å². The topological polar surface area (TPSA) is 0 Å². The highest BCUT2D eigenvalue weighted by atomic mass is 19.4. The van der Waals surface area contributed by atoms with Gasteiger partial charge in [0.2, 0.25) is 18.8 Å². The molecule has 0 heterocycles. The van der Waals surface area contributed by atoms with E-state index in [1.54, 1.807) is 27.7 Å². The van der Waals surface area contributed by atoms with Gasteiger partial charge in [-0.3, -0.25) is 8.78 Å². The summed E-state index contributed by atoms with van der Waals surface area (Å²) in [6.45, 7) is 39.8. The highest BCUT2D eigenvalue weighted by molar-refractivity contribution is 4.66. The van der Waals surface area contributed by atoms with Crippen LogP contribution in [0.1, 0.15) is 251 Å². The van der Waals surface area contributed by atoms with Crippen molar-refractivity contribution in [2.24, 2.45) is 52.8 Å². The molecule has 0 bridgehead atoms. The Bertz CT molecular complexity index is 958. The summed E-state index contributed by atoms with van der Waals surface area (Å²) < 4.78 is 178. The second-order valence-corrected chi connectivity index (χ2v) is 19.5. The lowest BCUT2D eigenvalue weighted by atomic mass is 9.91. The maximum atomic E-state index is 12.3. The van der Waals surface area contributed by atoms with E-state index >= 15 is 0 Å². The number of hydrogen-bond donors (Lipinski definition) is 0. The molecule has 0 fully saturated rings. The van der Waals surface area contributed by atoms with E-state index < -0.39 is 73.5 Å². The van der Waals surface area contributed by atoms with Crippen LogP contribution in [0.4, 0.5) is 61.5 Å². The third kappa shape index (κ3) is 85.3. The summed E-state index contributed by atoms with van der Waals surface area (Å²) in [5, 5.41) is 0. The van der Waals surface area contributed by atoms with Gasteiger partial charge in [0.1, 0.15) is 0 Å². The van der Waals surface area contributed by atoms with Gasteiger partial charge in [-0.25, -0.2) is 26.3 Å². The molecule has 0 aromatic rings. The molecule has 0 saturated carbocycles. The highest BCUT2D eigenvalue weighted by Crippen LogP contribution is 2.30. The van der Waals surface area contributed by atoms with E-state index in [1.807, 2.05) is 27.7 Å². The molecule has 6 atom stereocenters. The van der Waals surface area contributed by atoms with E-state index in [4.69, 9.17) is 2.74 Å². The van der Waals surface area contributed by atoms with E-state index in [0.717, 1.165) is 45.4 Å². The van der Waals surface area contributed by atoms with Crippen molar-refractivity contribution in [3.8, 4) is 0 Å². The van der Waals surface area contributed by atoms with E-state index in [1.165, 1.54) is 53.4 Å². The van der Waals surface area contributed by atoms with Crippen LogP contribution in [0.5, 0.6) is 0 Å². The molecule has 0 aliphatic carbocycles. The second kappa shape index (κ2) is 54.4. The minimum absolute atomic E-state index is 0.0509. The van der Waals surface area contributed by atoms with Crippen LogP contribution in [0.2, 0.25) is 0 Å². The molecule has 0 amide bonds. The van der Waals surface area contributed by atoms with Gasteiger partial charge in [-0.1, -0.05) is 204 Å². The van der Waals surface area contributed by atoms with Crippen LogP contribution < -0.4 is 0 Å². The Kier molecular flexibility index (Phi) is 65.0. The van der Waals surface area contributed by atoms with Gasteiger partial charge in [0.05, 0.1) is 25.2 Å². The summed E-state index contributed by atoms with van der Waals surface area (Å²) in [6.07, 6.45) is -3.47. The Morgan fingerprint density at radius 3 is 0.851 bits per heavy atom. The highest BCUT2D eigenvalue weighted by Gasteiger charge is 2.35. The van der Waals surface area contributed by atoms with Gasteiger partial charge < -0.3 is 0 Å². The second-order valence-electron chi connectivity index (χ2n) is 19.5. The van der Waals surface area contributed by atoms with Crippen molar-refractivity contribution in [3.05, 3.63) is 0 Å². The average Bonchev–Trinajstić information content (AvgIpc) is 3.20. The predicted molar refractivity (Wildman–Crippen MR) is 265 cm³/mol. The van der Waals surface area contributed by atoms with Gasteiger partial charge in [-0.2, -0.15) is 26.3 Å². The third-order valence-electron chi connectivity index (χ3n) is 9.79. The Balaban J connectivity index is -0.0000000844. The summed E-state index contributed by atoms with van der Waals surface area (Å²) in [4.78, 5) is 0. The molecule has 0 aliphatic heterocycles. The summed E-state index contributed by atoms with van der Waals surface area (Å²) in [7, 11) is 0. The van der Waals surface area contributed by atoms with Crippen molar-refractivity contribution in [3.63, 3.8) is 0 Å². The molecular weight excluding hydrogens is 903 g/mol. The van der Waals surface area contributed by atoms with Gasteiger partial charge >= 0.3 is 12.4 Å². The first-order chi connectivity index (χ1) is 30.9. The molecule has 0 N–H and O–H groups in total. The standard InChI is InChI=1S/C7H16.2C6H11F3.2C6H12F2.C6H13F.C6H14.C5H10F2.C5H11F/c1-5-6-7(2,3)4;2*1-3-4-5(2)6(7,8)9;1-4-6(7,8)5(2)3;1-3-4-5(2)6(7)8;1-3-4-6(2)5-7;1-4-5-6(2)3;1-3-4(2)5(6)7;1-3-5(2)4-6/h5-6H2,1-4H3;2*5H,3-4H2,1-2H3;5H,4H2,1-3H3;5-6H,3-4H2,1-2H3;6H,3-5H2,1-2H3;6H,4-5H2,1-3H3;4-5H,3H2,1-2H3;5H,3-4H2,1-2H3/i;3D2;;;;;;;. The molecule has 0 spiro atoms. The first kappa shape index (κ1) is 80.1. The molecule has 420 valence electrons. The predicted octanol–water partition coefficient (Wildman–Crippen LogP) is 23.3. The smallest absolute Gasteiger partial charge is 0.251 e. The zero-order valence-electron chi connectivity index (χ0n) is 48.9. The molecule has 0 nitrogen and oxygen atoms in total. The zero-order valence-corrected chi connectivity index (χ0v) is 46.9. The first-order valence-corrected chi connectivity index (χ1v) is 25.1. The van der Waals surface area contributed by atoms with E-state index in [2.05, 4.69) is 55.4 Å². The van der Waals surface area contributed by atoms with E-state index in [-0.39, 0.29) is 38.0 Å². The van der Waals surface area contributed by atoms with Gasteiger partial charge in [-0.15, -0.1) is 0 Å². The summed E-state index contributed by atoms with van der Waals surface area (Å²) >= 11 is 0. The number of rotatable bonds is 19.